The van der Waals surface area contributed by atoms with Crippen LogP contribution in [0, 0.1) is 0 Å². The zero-order valence-corrected chi connectivity index (χ0v) is 14.1. The summed E-state index contributed by atoms with van der Waals surface area (Å²) in [7, 11) is 2.85. The quantitative estimate of drug-likeness (QED) is 0.691. The second kappa shape index (κ2) is 6.55. The fourth-order valence-electron chi connectivity index (χ4n) is 2.57. The molecule has 20 heavy (non-hydrogen) atoms. The van der Waals surface area contributed by atoms with E-state index < -0.39 is 0 Å². The SMILES string of the molecule is CC(C)c1ccc(Cc2ccccc2P)c(C(C)C)c1. The summed E-state index contributed by atoms with van der Waals surface area (Å²) >= 11 is 0. The maximum absolute atomic E-state index is 2.85. The molecule has 0 aliphatic rings. The molecule has 0 nitrogen and oxygen atoms in total. The van der Waals surface area contributed by atoms with Gasteiger partial charge in [-0.25, -0.2) is 0 Å². The summed E-state index contributed by atoms with van der Waals surface area (Å²) in [6, 6.07) is 15.6. The topological polar surface area (TPSA) is 0 Å². The molecule has 2 aromatic rings. The van der Waals surface area contributed by atoms with Crippen LogP contribution < -0.4 is 5.30 Å². The van der Waals surface area contributed by atoms with Gasteiger partial charge >= 0.3 is 0 Å². The minimum absolute atomic E-state index is 0.570. The zero-order chi connectivity index (χ0) is 14.7. The van der Waals surface area contributed by atoms with Gasteiger partial charge in [0.05, 0.1) is 0 Å². The summed E-state index contributed by atoms with van der Waals surface area (Å²) in [5.74, 6) is 1.16. The Kier molecular flexibility index (Phi) is 5.00. The highest BCUT2D eigenvalue weighted by Gasteiger charge is 2.11. The third-order valence-corrected chi connectivity index (χ3v) is 4.46. The van der Waals surface area contributed by atoms with Gasteiger partial charge in [-0.1, -0.05) is 70.2 Å². The van der Waals surface area contributed by atoms with Crippen molar-refractivity contribution >= 4 is 14.5 Å². The molecule has 0 saturated carbocycles. The van der Waals surface area contributed by atoms with Crippen molar-refractivity contribution in [3.63, 3.8) is 0 Å². The molecule has 1 atom stereocenters. The third-order valence-electron chi connectivity index (χ3n) is 3.89. The summed E-state index contributed by atoms with van der Waals surface area (Å²) in [4.78, 5) is 0. The maximum Gasteiger partial charge on any atom is -0.00168 e. The van der Waals surface area contributed by atoms with Crippen LogP contribution in [0.15, 0.2) is 42.5 Å². The fourth-order valence-corrected chi connectivity index (χ4v) is 2.88. The summed E-state index contributed by atoms with van der Waals surface area (Å²) in [6.45, 7) is 9.10. The van der Waals surface area contributed by atoms with Crippen LogP contribution in [-0.4, -0.2) is 0 Å². The van der Waals surface area contributed by atoms with Crippen LogP contribution in [0.4, 0.5) is 0 Å². The number of hydrogen-bond donors (Lipinski definition) is 0. The molecule has 0 heterocycles. The van der Waals surface area contributed by atoms with Crippen molar-refractivity contribution in [1.29, 1.82) is 0 Å². The Morgan fingerprint density at radius 1 is 0.850 bits per heavy atom. The molecule has 1 heteroatoms. The molecule has 0 fully saturated rings. The van der Waals surface area contributed by atoms with Crippen molar-refractivity contribution in [3.8, 4) is 0 Å². The van der Waals surface area contributed by atoms with Gasteiger partial charge in [-0.3, -0.25) is 0 Å². The molecule has 0 N–H and O–H groups in total. The third kappa shape index (κ3) is 3.49. The van der Waals surface area contributed by atoms with E-state index in [4.69, 9.17) is 0 Å². The van der Waals surface area contributed by atoms with Gasteiger partial charge < -0.3 is 0 Å². The number of benzene rings is 2. The first kappa shape index (κ1) is 15.3. The molecule has 0 radical (unpaired) electrons. The Morgan fingerprint density at radius 3 is 2.15 bits per heavy atom. The molecule has 0 aromatic heterocycles. The smallest absolute Gasteiger partial charge is 0.00168 e. The average molecular weight is 284 g/mol. The highest BCUT2D eigenvalue weighted by atomic mass is 31.0. The van der Waals surface area contributed by atoms with E-state index in [0.717, 1.165) is 6.42 Å². The molecular formula is C19H25P. The van der Waals surface area contributed by atoms with Crippen molar-refractivity contribution in [2.24, 2.45) is 0 Å². The lowest BCUT2D eigenvalue weighted by molar-refractivity contribution is 0.821. The van der Waals surface area contributed by atoms with Crippen LogP contribution in [-0.2, 0) is 6.42 Å². The van der Waals surface area contributed by atoms with E-state index in [2.05, 4.69) is 79.4 Å². The van der Waals surface area contributed by atoms with E-state index >= 15 is 0 Å². The first-order valence-corrected chi connectivity index (χ1v) is 8.03. The summed E-state index contributed by atoms with van der Waals surface area (Å²) in [5, 5.41) is 1.30. The lowest BCUT2D eigenvalue weighted by atomic mass is 9.89. The second-order valence-electron chi connectivity index (χ2n) is 6.14. The van der Waals surface area contributed by atoms with Crippen molar-refractivity contribution < 1.29 is 0 Å². The average Bonchev–Trinajstić information content (AvgIpc) is 2.41. The molecule has 0 aliphatic carbocycles. The molecule has 0 spiro atoms. The van der Waals surface area contributed by atoms with Gasteiger partial charge in [0, 0.05) is 0 Å². The van der Waals surface area contributed by atoms with Crippen molar-refractivity contribution in [3.05, 3.63) is 64.7 Å². The Morgan fingerprint density at radius 2 is 1.55 bits per heavy atom. The van der Waals surface area contributed by atoms with Gasteiger partial charge in [-0.15, -0.1) is 9.24 Å². The normalized spacial score (nSPS) is 11.3. The predicted octanol–water partition coefficient (Wildman–Crippen LogP) is 5.02. The van der Waals surface area contributed by atoms with Crippen LogP contribution in [0.1, 0.15) is 61.8 Å². The van der Waals surface area contributed by atoms with Gasteiger partial charge in [-0.05, 0) is 45.8 Å². The highest BCUT2D eigenvalue weighted by Crippen LogP contribution is 2.26. The molecule has 0 bridgehead atoms. The zero-order valence-electron chi connectivity index (χ0n) is 13.0. The van der Waals surface area contributed by atoms with E-state index in [1.165, 1.54) is 27.6 Å². The first-order chi connectivity index (χ1) is 9.49. The second-order valence-corrected chi connectivity index (χ2v) is 6.77. The van der Waals surface area contributed by atoms with Gasteiger partial charge in [-0.2, -0.15) is 0 Å². The lowest BCUT2D eigenvalue weighted by Gasteiger charge is -2.17. The van der Waals surface area contributed by atoms with E-state index in [9.17, 15) is 0 Å². The van der Waals surface area contributed by atoms with Crippen molar-refractivity contribution in [1.82, 2.24) is 0 Å². The minimum atomic E-state index is 0.570. The highest BCUT2D eigenvalue weighted by molar-refractivity contribution is 7.27. The van der Waals surface area contributed by atoms with Gasteiger partial charge in [0.15, 0.2) is 0 Å². The Bertz CT molecular complexity index is 582. The van der Waals surface area contributed by atoms with Crippen LogP contribution in [0.25, 0.3) is 0 Å². The molecule has 106 valence electrons. The lowest BCUT2D eigenvalue weighted by Crippen LogP contribution is -2.05. The molecule has 2 aromatic carbocycles. The first-order valence-electron chi connectivity index (χ1n) is 7.45. The largest absolute Gasteiger partial charge is 0.105 e. The molecule has 0 aliphatic heterocycles. The van der Waals surface area contributed by atoms with Gasteiger partial charge in [0.25, 0.3) is 0 Å². The fraction of sp³-hybridized carbons (Fsp3) is 0.368. The summed E-state index contributed by atoms with van der Waals surface area (Å²) in [6.07, 6.45) is 1.02. The molecular weight excluding hydrogens is 259 g/mol. The van der Waals surface area contributed by atoms with Crippen molar-refractivity contribution in [2.45, 2.75) is 46.0 Å². The Balaban J connectivity index is 2.39. The maximum atomic E-state index is 2.85. The van der Waals surface area contributed by atoms with Crippen LogP contribution >= 0.6 is 9.24 Å². The van der Waals surface area contributed by atoms with Crippen molar-refractivity contribution in [2.75, 3.05) is 0 Å². The van der Waals surface area contributed by atoms with E-state index in [-0.39, 0.29) is 0 Å². The molecule has 0 amide bonds. The Hall–Kier alpha value is -1.13. The van der Waals surface area contributed by atoms with Crippen LogP contribution in [0.3, 0.4) is 0 Å². The van der Waals surface area contributed by atoms with E-state index in [0.29, 0.717) is 11.8 Å². The Labute approximate surface area is 125 Å². The predicted molar refractivity (Wildman–Crippen MR) is 93.2 cm³/mol. The standard InChI is InChI=1S/C19H25P/c1-13(2)15-9-10-16(18(12-15)14(3)4)11-17-7-5-6-8-19(17)20/h5-10,12-14H,11,20H2,1-4H3. The van der Waals surface area contributed by atoms with Crippen LogP contribution in [0.2, 0.25) is 0 Å². The number of hydrogen-bond acceptors (Lipinski definition) is 0. The number of rotatable bonds is 4. The summed E-state index contributed by atoms with van der Waals surface area (Å²) in [5.41, 5.74) is 5.79. The monoisotopic (exact) mass is 284 g/mol. The molecule has 0 saturated heterocycles. The van der Waals surface area contributed by atoms with Crippen LogP contribution in [0.5, 0.6) is 0 Å². The van der Waals surface area contributed by atoms with E-state index in [1.54, 1.807) is 0 Å². The van der Waals surface area contributed by atoms with E-state index in [1.807, 2.05) is 0 Å². The summed E-state index contributed by atoms with van der Waals surface area (Å²) < 4.78 is 0. The van der Waals surface area contributed by atoms with Gasteiger partial charge in [0.1, 0.15) is 0 Å². The molecule has 2 rings (SSSR count). The van der Waals surface area contributed by atoms with Gasteiger partial charge in [0.2, 0.25) is 0 Å². The minimum Gasteiger partial charge on any atom is -0.105 e. The molecule has 1 unspecified atom stereocenters.